The fraction of sp³-hybridized carbons (Fsp3) is 0.571. The number of piperidine rings is 1. The van der Waals surface area contributed by atoms with E-state index in [1.807, 2.05) is 24.0 Å². The summed E-state index contributed by atoms with van der Waals surface area (Å²) in [5, 5.41) is 3.37. The molecule has 1 unspecified atom stereocenters. The monoisotopic (exact) mass is 245 g/mol. The second-order valence-corrected chi connectivity index (χ2v) is 5.41. The van der Waals surface area contributed by atoms with Crippen LogP contribution < -0.4 is 10.2 Å². The number of nitrogens with one attached hydrogen (secondary N) is 1. The Balaban J connectivity index is 1.89. The third kappa shape index (κ3) is 1.72. The SMILES string of the molecule is Cc1cccnc1N1CCC2(CCCNC2)C1=O. The number of hydrogen-bond acceptors (Lipinski definition) is 3. The maximum atomic E-state index is 12.7. The summed E-state index contributed by atoms with van der Waals surface area (Å²) in [4.78, 5) is 18.9. The highest BCUT2D eigenvalue weighted by Gasteiger charge is 2.47. The van der Waals surface area contributed by atoms with Crippen molar-refractivity contribution in [1.29, 1.82) is 0 Å². The van der Waals surface area contributed by atoms with Gasteiger partial charge in [0.05, 0.1) is 5.41 Å². The van der Waals surface area contributed by atoms with Crippen molar-refractivity contribution in [3.8, 4) is 0 Å². The van der Waals surface area contributed by atoms with Gasteiger partial charge in [-0.25, -0.2) is 4.98 Å². The Labute approximate surface area is 107 Å². The van der Waals surface area contributed by atoms with E-state index in [-0.39, 0.29) is 11.3 Å². The topological polar surface area (TPSA) is 45.2 Å². The van der Waals surface area contributed by atoms with E-state index in [9.17, 15) is 4.79 Å². The molecule has 4 nitrogen and oxygen atoms in total. The molecule has 1 N–H and O–H groups in total. The average Bonchev–Trinajstić information content (AvgIpc) is 2.69. The van der Waals surface area contributed by atoms with Gasteiger partial charge in [-0.15, -0.1) is 0 Å². The van der Waals surface area contributed by atoms with Crippen molar-refractivity contribution in [2.45, 2.75) is 26.2 Å². The average molecular weight is 245 g/mol. The van der Waals surface area contributed by atoms with Crippen molar-refractivity contribution >= 4 is 11.7 Å². The number of aryl methyl sites for hydroxylation is 1. The van der Waals surface area contributed by atoms with Crippen LogP contribution in [0.4, 0.5) is 5.82 Å². The molecule has 0 bridgehead atoms. The van der Waals surface area contributed by atoms with Crippen molar-refractivity contribution in [2.24, 2.45) is 5.41 Å². The molecular formula is C14H19N3O. The van der Waals surface area contributed by atoms with Crippen LogP contribution in [0.15, 0.2) is 18.3 Å². The Hall–Kier alpha value is -1.42. The summed E-state index contributed by atoms with van der Waals surface area (Å²) in [6, 6.07) is 3.93. The lowest BCUT2D eigenvalue weighted by molar-refractivity contribution is -0.126. The van der Waals surface area contributed by atoms with Gasteiger partial charge in [0, 0.05) is 19.3 Å². The smallest absolute Gasteiger partial charge is 0.235 e. The van der Waals surface area contributed by atoms with Crippen molar-refractivity contribution in [2.75, 3.05) is 24.5 Å². The molecule has 4 heteroatoms. The van der Waals surface area contributed by atoms with Gasteiger partial charge in [0.1, 0.15) is 5.82 Å². The first-order valence-electron chi connectivity index (χ1n) is 6.67. The van der Waals surface area contributed by atoms with Gasteiger partial charge in [0.25, 0.3) is 0 Å². The van der Waals surface area contributed by atoms with Gasteiger partial charge in [0.2, 0.25) is 5.91 Å². The van der Waals surface area contributed by atoms with E-state index in [1.54, 1.807) is 6.20 Å². The standard InChI is InChI=1S/C14H19N3O/c1-11-4-2-8-16-12(11)17-9-6-14(13(17)18)5-3-7-15-10-14/h2,4,8,15H,3,5-7,9-10H2,1H3. The molecule has 2 aliphatic rings. The number of carbonyl (C=O) groups excluding carboxylic acids is 1. The number of rotatable bonds is 1. The quantitative estimate of drug-likeness (QED) is 0.815. The van der Waals surface area contributed by atoms with Gasteiger partial charge in [-0.1, -0.05) is 6.07 Å². The highest BCUT2D eigenvalue weighted by Crippen LogP contribution is 2.39. The number of nitrogens with zero attached hydrogens (tertiary/aromatic N) is 2. The van der Waals surface area contributed by atoms with E-state index in [0.29, 0.717) is 0 Å². The van der Waals surface area contributed by atoms with Crippen LogP contribution >= 0.6 is 0 Å². The summed E-state index contributed by atoms with van der Waals surface area (Å²) in [6.45, 7) is 4.68. The van der Waals surface area contributed by atoms with Crippen molar-refractivity contribution in [3.63, 3.8) is 0 Å². The first-order chi connectivity index (χ1) is 8.73. The molecule has 1 aromatic rings. The first-order valence-corrected chi connectivity index (χ1v) is 6.67. The van der Waals surface area contributed by atoms with E-state index >= 15 is 0 Å². The second-order valence-electron chi connectivity index (χ2n) is 5.41. The van der Waals surface area contributed by atoms with Gasteiger partial charge in [-0.2, -0.15) is 0 Å². The van der Waals surface area contributed by atoms with Crippen molar-refractivity contribution in [3.05, 3.63) is 23.9 Å². The van der Waals surface area contributed by atoms with Crippen LogP contribution in [0.25, 0.3) is 0 Å². The van der Waals surface area contributed by atoms with Gasteiger partial charge in [-0.3, -0.25) is 9.69 Å². The Kier molecular flexibility index (Phi) is 2.82. The summed E-state index contributed by atoms with van der Waals surface area (Å²) in [5.41, 5.74) is 0.911. The zero-order chi connectivity index (χ0) is 12.6. The third-order valence-electron chi connectivity index (χ3n) is 4.22. The minimum atomic E-state index is -0.164. The molecule has 18 heavy (non-hydrogen) atoms. The lowest BCUT2D eigenvalue weighted by Gasteiger charge is -2.32. The molecule has 1 aromatic heterocycles. The van der Waals surface area contributed by atoms with Crippen molar-refractivity contribution in [1.82, 2.24) is 10.3 Å². The predicted molar refractivity (Wildman–Crippen MR) is 70.5 cm³/mol. The molecule has 2 fully saturated rings. The molecule has 2 saturated heterocycles. The maximum Gasteiger partial charge on any atom is 0.235 e. The normalized spacial score (nSPS) is 28.1. The summed E-state index contributed by atoms with van der Waals surface area (Å²) < 4.78 is 0. The molecular weight excluding hydrogens is 226 g/mol. The molecule has 3 heterocycles. The molecule has 3 rings (SSSR count). The molecule has 0 radical (unpaired) electrons. The van der Waals surface area contributed by atoms with Crippen LogP contribution in [0.1, 0.15) is 24.8 Å². The largest absolute Gasteiger partial charge is 0.316 e. The van der Waals surface area contributed by atoms with Gasteiger partial charge in [-0.05, 0) is 44.4 Å². The van der Waals surface area contributed by atoms with Crippen LogP contribution in [0, 0.1) is 12.3 Å². The van der Waals surface area contributed by atoms with Crippen LogP contribution in [0.2, 0.25) is 0 Å². The predicted octanol–water partition coefficient (Wildman–Crippen LogP) is 1.50. The highest BCUT2D eigenvalue weighted by atomic mass is 16.2. The van der Waals surface area contributed by atoms with E-state index in [2.05, 4.69) is 10.3 Å². The Morgan fingerprint density at radius 3 is 3.06 bits per heavy atom. The van der Waals surface area contributed by atoms with E-state index in [4.69, 9.17) is 0 Å². The molecule has 0 aliphatic carbocycles. The third-order valence-corrected chi connectivity index (χ3v) is 4.22. The lowest BCUT2D eigenvalue weighted by atomic mass is 9.79. The molecule has 0 aromatic carbocycles. The Morgan fingerprint density at radius 2 is 2.33 bits per heavy atom. The second kappa shape index (κ2) is 4.35. The molecule has 96 valence electrons. The zero-order valence-corrected chi connectivity index (χ0v) is 10.8. The minimum Gasteiger partial charge on any atom is -0.316 e. The fourth-order valence-electron chi connectivity index (χ4n) is 3.15. The number of carbonyl (C=O) groups is 1. The van der Waals surface area contributed by atoms with Gasteiger partial charge in [0.15, 0.2) is 0 Å². The summed E-state index contributed by atoms with van der Waals surface area (Å²) in [7, 11) is 0. The van der Waals surface area contributed by atoms with Gasteiger partial charge >= 0.3 is 0 Å². The Morgan fingerprint density at radius 1 is 1.44 bits per heavy atom. The summed E-state index contributed by atoms with van der Waals surface area (Å²) in [5.74, 6) is 1.10. The number of aromatic nitrogens is 1. The fourth-order valence-corrected chi connectivity index (χ4v) is 3.15. The van der Waals surface area contributed by atoms with Crippen molar-refractivity contribution < 1.29 is 4.79 Å². The highest BCUT2D eigenvalue weighted by molar-refractivity contribution is 5.99. The molecule has 1 atom stereocenters. The first kappa shape index (κ1) is 11.7. The van der Waals surface area contributed by atoms with Gasteiger partial charge < -0.3 is 5.32 Å². The number of pyridine rings is 1. The van der Waals surface area contributed by atoms with E-state index in [1.165, 1.54) is 0 Å². The molecule has 1 amide bonds. The molecule has 2 aliphatic heterocycles. The maximum absolute atomic E-state index is 12.7. The number of anilines is 1. The Bertz CT molecular complexity index is 466. The van der Waals surface area contributed by atoms with Crippen LogP contribution in [-0.4, -0.2) is 30.5 Å². The van der Waals surface area contributed by atoms with Crippen LogP contribution in [0.3, 0.4) is 0 Å². The number of amides is 1. The van der Waals surface area contributed by atoms with Crippen LogP contribution in [-0.2, 0) is 4.79 Å². The molecule has 0 saturated carbocycles. The minimum absolute atomic E-state index is 0.164. The van der Waals surface area contributed by atoms with Crippen LogP contribution in [0.5, 0.6) is 0 Å². The van der Waals surface area contributed by atoms with E-state index < -0.39 is 0 Å². The molecule has 1 spiro atoms. The van der Waals surface area contributed by atoms with E-state index in [0.717, 1.165) is 50.3 Å². The zero-order valence-electron chi connectivity index (χ0n) is 10.8. The number of hydrogen-bond donors (Lipinski definition) is 1. The summed E-state index contributed by atoms with van der Waals surface area (Å²) in [6.07, 6.45) is 4.83. The lowest BCUT2D eigenvalue weighted by Crippen LogP contribution is -2.46. The summed E-state index contributed by atoms with van der Waals surface area (Å²) >= 11 is 0.